The number of hydrogen-bond donors (Lipinski definition) is 1. The molecule has 4 heteroatoms. The summed E-state index contributed by atoms with van der Waals surface area (Å²) in [6, 6.07) is 2.00. The highest BCUT2D eigenvalue weighted by Crippen LogP contribution is 2.26. The largest absolute Gasteiger partial charge is 0.493 e. The molecule has 0 aliphatic rings. The van der Waals surface area contributed by atoms with Crippen molar-refractivity contribution in [2.24, 2.45) is 0 Å². The molecular formula is C10H10F2O2. The second-order valence-corrected chi connectivity index (χ2v) is 2.56. The Bertz CT molecular complexity index is 348. The van der Waals surface area contributed by atoms with Crippen molar-refractivity contribution in [2.75, 3.05) is 13.7 Å². The van der Waals surface area contributed by atoms with Crippen LogP contribution in [-0.2, 0) is 0 Å². The molecular weight excluding hydrogens is 190 g/mol. The fourth-order valence-electron chi connectivity index (χ4n) is 1.08. The molecule has 0 radical (unpaired) electrons. The fourth-order valence-corrected chi connectivity index (χ4v) is 1.08. The highest BCUT2D eigenvalue weighted by atomic mass is 19.1. The quantitative estimate of drug-likeness (QED) is 0.808. The molecule has 0 heterocycles. The number of aliphatic hydroxyl groups excluding tert-OH is 1. The summed E-state index contributed by atoms with van der Waals surface area (Å²) in [6.45, 7) is -0.237. The minimum Gasteiger partial charge on any atom is -0.493 e. The molecule has 0 unspecified atom stereocenters. The van der Waals surface area contributed by atoms with Crippen molar-refractivity contribution in [3.05, 3.63) is 35.4 Å². The van der Waals surface area contributed by atoms with Crippen LogP contribution in [0.1, 0.15) is 5.56 Å². The highest BCUT2D eigenvalue weighted by Gasteiger charge is 2.11. The maximum atomic E-state index is 13.2. The normalized spacial score (nSPS) is 10.9. The molecule has 0 aromatic heterocycles. The molecule has 1 aromatic carbocycles. The lowest BCUT2D eigenvalue weighted by molar-refractivity contribution is 0.343. The number of hydrogen-bond acceptors (Lipinski definition) is 2. The van der Waals surface area contributed by atoms with Crippen LogP contribution >= 0.6 is 0 Å². The van der Waals surface area contributed by atoms with Crippen molar-refractivity contribution in [2.45, 2.75) is 0 Å². The molecule has 1 rings (SSSR count). The summed E-state index contributed by atoms with van der Waals surface area (Å²) in [5, 5.41) is 8.51. The maximum absolute atomic E-state index is 13.2. The average Bonchev–Trinajstić information content (AvgIpc) is 2.19. The molecule has 1 N–H and O–H groups in total. The maximum Gasteiger partial charge on any atom is 0.165 e. The molecule has 0 fully saturated rings. The molecule has 14 heavy (non-hydrogen) atoms. The van der Waals surface area contributed by atoms with Gasteiger partial charge in [0.05, 0.1) is 19.3 Å². The third-order valence-corrected chi connectivity index (χ3v) is 1.69. The Morgan fingerprint density at radius 2 is 2.00 bits per heavy atom. The topological polar surface area (TPSA) is 29.5 Å². The van der Waals surface area contributed by atoms with Crippen molar-refractivity contribution < 1.29 is 18.6 Å². The minimum atomic E-state index is -0.633. The number of methoxy groups -OCH3 is 1. The van der Waals surface area contributed by atoms with E-state index in [4.69, 9.17) is 9.84 Å². The Morgan fingerprint density at radius 1 is 1.36 bits per heavy atom. The lowest BCUT2D eigenvalue weighted by Gasteiger charge is -2.06. The molecule has 0 aliphatic heterocycles. The van der Waals surface area contributed by atoms with Gasteiger partial charge in [0.1, 0.15) is 5.82 Å². The molecule has 0 bridgehead atoms. The lowest BCUT2D eigenvalue weighted by atomic mass is 10.1. The predicted molar refractivity (Wildman–Crippen MR) is 49.0 cm³/mol. The number of aliphatic hydroxyl groups is 1. The van der Waals surface area contributed by atoms with Crippen LogP contribution in [0.4, 0.5) is 8.78 Å². The number of halogens is 2. The SMILES string of the molecule is COc1c(F)ccc(F)c1/C=C/CO. The van der Waals surface area contributed by atoms with E-state index in [1.807, 2.05) is 0 Å². The molecule has 0 saturated carbocycles. The molecule has 0 amide bonds. The van der Waals surface area contributed by atoms with Crippen LogP contribution in [0.2, 0.25) is 0 Å². The summed E-state index contributed by atoms with van der Waals surface area (Å²) in [4.78, 5) is 0. The monoisotopic (exact) mass is 200 g/mol. The van der Waals surface area contributed by atoms with Gasteiger partial charge in [0.25, 0.3) is 0 Å². The first-order valence-electron chi connectivity index (χ1n) is 4.00. The summed E-state index contributed by atoms with van der Waals surface area (Å²) in [5.74, 6) is -1.38. The van der Waals surface area contributed by atoms with Crippen molar-refractivity contribution in [3.8, 4) is 5.75 Å². The summed E-state index contributed by atoms with van der Waals surface area (Å²) in [5.41, 5.74) is 0.00144. The molecule has 1 aromatic rings. The molecule has 2 nitrogen and oxygen atoms in total. The molecule has 0 saturated heterocycles. The Morgan fingerprint density at radius 3 is 2.57 bits per heavy atom. The van der Waals surface area contributed by atoms with Gasteiger partial charge in [-0.05, 0) is 18.2 Å². The first-order valence-corrected chi connectivity index (χ1v) is 4.00. The molecule has 0 aliphatic carbocycles. The highest BCUT2D eigenvalue weighted by molar-refractivity contribution is 5.58. The van der Waals surface area contributed by atoms with Gasteiger partial charge in [-0.2, -0.15) is 0 Å². The first-order chi connectivity index (χ1) is 6.70. The van der Waals surface area contributed by atoms with Crippen molar-refractivity contribution in [1.29, 1.82) is 0 Å². The van der Waals surface area contributed by atoms with Gasteiger partial charge in [-0.3, -0.25) is 0 Å². The van der Waals surface area contributed by atoms with Gasteiger partial charge in [0.15, 0.2) is 11.6 Å². The molecule has 0 spiro atoms. The predicted octanol–water partition coefficient (Wildman–Crippen LogP) is 1.98. The summed E-state index contributed by atoms with van der Waals surface area (Å²) in [7, 11) is 1.26. The van der Waals surface area contributed by atoms with E-state index >= 15 is 0 Å². The Hall–Kier alpha value is -1.42. The van der Waals surface area contributed by atoms with Crippen LogP contribution in [0, 0.1) is 11.6 Å². The first kappa shape index (κ1) is 10.7. The van der Waals surface area contributed by atoms with Gasteiger partial charge in [-0.1, -0.05) is 6.08 Å². The summed E-state index contributed by atoms with van der Waals surface area (Å²) < 4.78 is 30.9. The van der Waals surface area contributed by atoms with Gasteiger partial charge < -0.3 is 9.84 Å². The van der Waals surface area contributed by atoms with E-state index in [1.165, 1.54) is 19.3 Å². The van der Waals surface area contributed by atoms with Crippen LogP contribution in [0.15, 0.2) is 18.2 Å². The Labute approximate surface area is 80.4 Å². The van der Waals surface area contributed by atoms with Gasteiger partial charge in [-0.25, -0.2) is 8.78 Å². The third kappa shape index (κ3) is 2.09. The van der Waals surface area contributed by atoms with Crippen LogP contribution in [0.5, 0.6) is 5.75 Å². The van der Waals surface area contributed by atoms with Gasteiger partial charge in [0.2, 0.25) is 0 Å². The number of rotatable bonds is 3. The summed E-state index contributed by atoms with van der Waals surface area (Å²) >= 11 is 0. The van der Waals surface area contributed by atoms with E-state index in [-0.39, 0.29) is 17.9 Å². The van der Waals surface area contributed by atoms with E-state index in [0.717, 1.165) is 12.1 Å². The molecule has 76 valence electrons. The average molecular weight is 200 g/mol. The summed E-state index contributed by atoms with van der Waals surface area (Å²) in [6.07, 6.45) is 2.58. The second-order valence-electron chi connectivity index (χ2n) is 2.56. The van der Waals surface area contributed by atoms with E-state index in [2.05, 4.69) is 0 Å². The lowest BCUT2D eigenvalue weighted by Crippen LogP contribution is -1.94. The Balaban J connectivity index is 3.22. The van der Waals surface area contributed by atoms with E-state index in [9.17, 15) is 8.78 Å². The van der Waals surface area contributed by atoms with E-state index < -0.39 is 11.6 Å². The van der Waals surface area contributed by atoms with Crippen molar-refractivity contribution in [3.63, 3.8) is 0 Å². The van der Waals surface area contributed by atoms with Gasteiger partial charge in [0, 0.05) is 0 Å². The second kappa shape index (κ2) is 4.72. The number of ether oxygens (including phenoxy) is 1. The minimum absolute atomic E-state index is 0.00144. The standard InChI is InChI=1S/C10H10F2O2/c1-14-10-7(3-2-6-13)8(11)4-5-9(10)12/h2-5,13H,6H2,1H3/b3-2+. The van der Waals surface area contributed by atoms with Crippen LogP contribution in [-0.4, -0.2) is 18.8 Å². The molecule has 0 atom stereocenters. The van der Waals surface area contributed by atoms with Crippen molar-refractivity contribution in [1.82, 2.24) is 0 Å². The van der Waals surface area contributed by atoms with E-state index in [0.29, 0.717) is 0 Å². The Kier molecular flexibility index (Phi) is 3.59. The third-order valence-electron chi connectivity index (χ3n) is 1.69. The van der Waals surface area contributed by atoms with Gasteiger partial charge >= 0.3 is 0 Å². The fraction of sp³-hybridized carbons (Fsp3) is 0.200. The smallest absolute Gasteiger partial charge is 0.165 e. The zero-order valence-electron chi connectivity index (χ0n) is 7.63. The van der Waals surface area contributed by atoms with Crippen LogP contribution in [0.3, 0.4) is 0 Å². The zero-order chi connectivity index (χ0) is 10.6. The van der Waals surface area contributed by atoms with E-state index in [1.54, 1.807) is 0 Å². The van der Waals surface area contributed by atoms with Gasteiger partial charge in [-0.15, -0.1) is 0 Å². The van der Waals surface area contributed by atoms with Crippen LogP contribution in [0.25, 0.3) is 6.08 Å². The number of benzene rings is 1. The zero-order valence-corrected chi connectivity index (χ0v) is 7.63. The van der Waals surface area contributed by atoms with Crippen molar-refractivity contribution >= 4 is 6.08 Å². The van der Waals surface area contributed by atoms with Crippen LogP contribution < -0.4 is 4.74 Å².